The van der Waals surface area contributed by atoms with Crippen LogP contribution in [-0.4, -0.2) is 49.2 Å². The average Bonchev–Trinajstić information content (AvgIpc) is 2.89. The highest BCUT2D eigenvalue weighted by molar-refractivity contribution is 6.00. The van der Waals surface area contributed by atoms with Gasteiger partial charge in [0.2, 0.25) is 0 Å². The number of carbonyl (C=O) groups excluding carboxylic acids is 1. The molecule has 0 saturated carbocycles. The van der Waals surface area contributed by atoms with E-state index in [0.717, 1.165) is 0 Å². The van der Waals surface area contributed by atoms with Crippen molar-refractivity contribution in [3.05, 3.63) is 23.8 Å². The molecule has 1 aliphatic rings. The van der Waals surface area contributed by atoms with E-state index in [1.165, 1.54) is 19.1 Å². The van der Waals surface area contributed by atoms with Crippen molar-refractivity contribution in [1.82, 2.24) is 4.90 Å². The van der Waals surface area contributed by atoms with Gasteiger partial charge in [-0.15, -0.1) is 0 Å². The predicted molar refractivity (Wildman–Crippen MR) is 75.8 cm³/mol. The Morgan fingerprint density at radius 2 is 1.81 bits per heavy atom. The lowest BCUT2D eigenvalue weighted by Gasteiger charge is -2.22. The maximum atomic E-state index is 12.7. The second kappa shape index (κ2) is 5.63. The van der Waals surface area contributed by atoms with Gasteiger partial charge >= 0.3 is 5.97 Å². The number of carboxylic acid groups (broad SMARTS) is 1. The van der Waals surface area contributed by atoms with E-state index < -0.39 is 11.4 Å². The summed E-state index contributed by atoms with van der Waals surface area (Å²) in [4.78, 5) is 25.5. The molecular weight excluding hydrogens is 274 g/mol. The Hall–Kier alpha value is -2.24. The van der Waals surface area contributed by atoms with E-state index in [1.54, 1.807) is 25.1 Å². The number of ether oxygens (including phenoxy) is 2. The number of methoxy groups -OCH3 is 2. The van der Waals surface area contributed by atoms with Crippen molar-refractivity contribution in [2.45, 2.75) is 13.3 Å². The molecule has 1 saturated heterocycles. The average molecular weight is 293 g/mol. The van der Waals surface area contributed by atoms with Crippen molar-refractivity contribution in [2.24, 2.45) is 5.41 Å². The van der Waals surface area contributed by atoms with Crippen LogP contribution in [0.15, 0.2) is 18.2 Å². The molecule has 0 bridgehead atoms. The van der Waals surface area contributed by atoms with Crippen LogP contribution < -0.4 is 9.47 Å². The molecule has 114 valence electrons. The van der Waals surface area contributed by atoms with Crippen molar-refractivity contribution < 1.29 is 24.2 Å². The molecule has 0 radical (unpaired) electrons. The highest BCUT2D eigenvalue weighted by Gasteiger charge is 2.43. The van der Waals surface area contributed by atoms with Gasteiger partial charge in [-0.25, -0.2) is 0 Å². The zero-order valence-corrected chi connectivity index (χ0v) is 12.4. The van der Waals surface area contributed by atoms with Gasteiger partial charge in [0, 0.05) is 13.1 Å². The standard InChI is InChI=1S/C15H19NO5/c1-15(14(18)19)7-8-16(9-15)13(17)12-10(20-2)5-4-6-11(12)21-3/h4-6H,7-9H2,1-3H3,(H,18,19)/t15-/m0/s1. The van der Waals surface area contributed by atoms with Crippen LogP contribution in [0.3, 0.4) is 0 Å². The van der Waals surface area contributed by atoms with Crippen LogP contribution in [0.5, 0.6) is 11.5 Å². The summed E-state index contributed by atoms with van der Waals surface area (Å²) >= 11 is 0. The zero-order valence-electron chi connectivity index (χ0n) is 12.4. The molecule has 1 atom stereocenters. The molecular formula is C15H19NO5. The Morgan fingerprint density at radius 3 is 2.24 bits per heavy atom. The minimum absolute atomic E-state index is 0.183. The molecule has 2 rings (SSSR count). The molecule has 1 aromatic carbocycles. The van der Waals surface area contributed by atoms with Gasteiger partial charge < -0.3 is 19.5 Å². The molecule has 6 nitrogen and oxygen atoms in total. The van der Waals surface area contributed by atoms with Crippen molar-refractivity contribution in [3.8, 4) is 11.5 Å². The third kappa shape index (κ3) is 2.66. The second-order valence-corrected chi connectivity index (χ2v) is 5.38. The number of likely N-dealkylation sites (tertiary alicyclic amines) is 1. The predicted octanol–water partition coefficient (Wildman–Crippen LogP) is 1.64. The molecule has 1 aliphatic heterocycles. The van der Waals surface area contributed by atoms with E-state index in [4.69, 9.17) is 9.47 Å². The van der Waals surface area contributed by atoms with Crippen molar-refractivity contribution in [2.75, 3.05) is 27.3 Å². The minimum Gasteiger partial charge on any atom is -0.496 e. The van der Waals surface area contributed by atoms with Crippen LogP contribution in [-0.2, 0) is 4.79 Å². The van der Waals surface area contributed by atoms with E-state index in [1.807, 2.05) is 0 Å². The summed E-state index contributed by atoms with van der Waals surface area (Å²) in [5.74, 6) is -0.314. The summed E-state index contributed by atoms with van der Waals surface area (Å²) < 4.78 is 10.4. The van der Waals surface area contributed by atoms with Gasteiger partial charge in [0.25, 0.3) is 5.91 Å². The molecule has 1 heterocycles. The summed E-state index contributed by atoms with van der Waals surface area (Å²) in [5, 5.41) is 9.26. The van der Waals surface area contributed by atoms with Gasteiger partial charge in [0.15, 0.2) is 0 Å². The normalized spacial score (nSPS) is 21.2. The Balaban J connectivity index is 2.32. The van der Waals surface area contributed by atoms with Crippen LogP contribution in [0.2, 0.25) is 0 Å². The van der Waals surface area contributed by atoms with E-state index in [2.05, 4.69) is 0 Å². The third-order valence-electron chi connectivity index (χ3n) is 3.92. The summed E-state index contributed by atoms with van der Waals surface area (Å²) in [6.07, 6.45) is 0.436. The highest BCUT2D eigenvalue weighted by atomic mass is 16.5. The zero-order chi connectivity index (χ0) is 15.6. The van der Waals surface area contributed by atoms with Crippen LogP contribution in [0.25, 0.3) is 0 Å². The van der Waals surface area contributed by atoms with Crippen molar-refractivity contribution in [1.29, 1.82) is 0 Å². The van der Waals surface area contributed by atoms with Gasteiger partial charge in [-0.2, -0.15) is 0 Å². The quantitative estimate of drug-likeness (QED) is 0.913. The smallest absolute Gasteiger partial charge is 0.311 e. The first kappa shape index (κ1) is 15.2. The maximum absolute atomic E-state index is 12.7. The largest absolute Gasteiger partial charge is 0.496 e. The topological polar surface area (TPSA) is 76.1 Å². The first-order valence-electron chi connectivity index (χ1n) is 6.66. The lowest BCUT2D eigenvalue weighted by molar-refractivity contribution is -0.147. The number of carbonyl (C=O) groups is 2. The SMILES string of the molecule is COc1cccc(OC)c1C(=O)N1CC[C@](C)(C(=O)O)C1. The number of benzene rings is 1. The van der Waals surface area contributed by atoms with Gasteiger partial charge in [-0.05, 0) is 25.5 Å². The van der Waals surface area contributed by atoms with E-state index in [9.17, 15) is 14.7 Å². The number of nitrogens with zero attached hydrogens (tertiary/aromatic N) is 1. The van der Waals surface area contributed by atoms with Gasteiger partial charge in [-0.3, -0.25) is 9.59 Å². The summed E-state index contributed by atoms with van der Waals surface area (Å²) in [6, 6.07) is 5.10. The number of rotatable bonds is 4. The van der Waals surface area contributed by atoms with E-state index in [-0.39, 0.29) is 12.5 Å². The summed E-state index contributed by atoms with van der Waals surface area (Å²) in [5.41, 5.74) is -0.567. The number of hydrogen-bond donors (Lipinski definition) is 1. The lowest BCUT2D eigenvalue weighted by atomic mass is 9.90. The Morgan fingerprint density at radius 1 is 1.24 bits per heavy atom. The monoisotopic (exact) mass is 293 g/mol. The van der Waals surface area contributed by atoms with Crippen LogP contribution in [0.1, 0.15) is 23.7 Å². The summed E-state index contributed by atoms with van der Waals surface area (Å²) in [6.45, 7) is 2.24. The first-order chi connectivity index (χ1) is 9.92. The number of amides is 1. The Kier molecular flexibility index (Phi) is 4.06. The fourth-order valence-electron chi connectivity index (χ4n) is 2.53. The Labute approximate surface area is 123 Å². The number of carboxylic acids is 1. The van der Waals surface area contributed by atoms with Gasteiger partial charge in [-0.1, -0.05) is 6.07 Å². The molecule has 0 spiro atoms. The third-order valence-corrected chi connectivity index (χ3v) is 3.92. The molecule has 1 amide bonds. The first-order valence-corrected chi connectivity index (χ1v) is 6.66. The molecule has 1 aromatic rings. The maximum Gasteiger partial charge on any atom is 0.311 e. The van der Waals surface area contributed by atoms with Crippen LogP contribution >= 0.6 is 0 Å². The van der Waals surface area contributed by atoms with E-state index >= 15 is 0 Å². The molecule has 6 heteroatoms. The summed E-state index contributed by atoms with van der Waals surface area (Å²) in [7, 11) is 2.97. The molecule has 0 aromatic heterocycles. The highest BCUT2D eigenvalue weighted by Crippen LogP contribution is 2.35. The van der Waals surface area contributed by atoms with Crippen molar-refractivity contribution >= 4 is 11.9 Å². The molecule has 21 heavy (non-hydrogen) atoms. The van der Waals surface area contributed by atoms with Gasteiger partial charge in [0.1, 0.15) is 17.1 Å². The molecule has 1 N–H and O–H groups in total. The Bertz CT molecular complexity index is 549. The van der Waals surface area contributed by atoms with Gasteiger partial charge in [0.05, 0.1) is 19.6 Å². The second-order valence-electron chi connectivity index (χ2n) is 5.38. The van der Waals surface area contributed by atoms with Crippen LogP contribution in [0.4, 0.5) is 0 Å². The fraction of sp³-hybridized carbons (Fsp3) is 0.467. The van der Waals surface area contributed by atoms with Crippen molar-refractivity contribution in [3.63, 3.8) is 0 Å². The number of hydrogen-bond acceptors (Lipinski definition) is 4. The molecule has 1 fully saturated rings. The van der Waals surface area contributed by atoms with E-state index in [0.29, 0.717) is 30.0 Å². The lowest BCUT2D eigenvalue weighted by Crippen LogP contribution is -2.35. The molecule has 0 unspecified atom stereocenters. The molecule has 0 aliphatic carbocycles. The fourth-order valence-corrected chi connectivity index (χ4v) is 2.53. The number of aliphatic carboxylic acids is 1. The minimum atomic E-state index is -0.898. The van der Waals surface area contributed by atoms with Crippen LogP contribution in [0, 0.1) is 5.41 Å².